The summed E-state index contributed by atoms with van der Waals surface area (Å²) in [6.07, 6.45) is 0. The van der Waals surface area contributed by atoms with Gasteiger partial charge in [-0.2, -0.15) is 4.68 Å². The third-order valence-corrected chi connectivity index (χ3v) is 4.32. The molecule has 2 aromatic heterocycles. The van der Waals surface area contributed by atoms with Gasteiger partial charge in [0.05, 0.1) is 22.8 Å². The van der Waals surface area contributed by atoms with Crippen molar-refractivity contribution in [2.75, 3.05) is 0 Å². The Balaban J connectivity index is 1.51. The summed E-state index contributed by atoms with van der Waals surface area (Å²) in [6.45, 7) is 0.905. The van der Waals surface area contributed by atoms with Crippen molar-refractivity contribution >= 4 is 22.5 Å². The van der Waals surface area contributed by atoms with Gasteiger partial charge in [0.2, 0.25) is 0 Å². The average molecular weight is 367 g/mol. The van der Waals surface area contributed by atoms with Crippen molar-refractivity contribution in [2.24, 2.45) is 0 Å². The zero-order valence-electron chi connectivity index (χ0n) is 13.7. The molecule has 0 radical (unpaired) electrons. The molecule has 0 fully saturated rings. The molecular weight excluding hydrogens is 352 g/mol. The topological polar surface area (TPSA) is 88.5 Å². The average Bonchev–Trinajstić information content (AvgIpc) is 3.12. The third-order valence-electron chi connectivity index (χ3n) is 4.00. The zero-order chi connectivity index (χ0) is 17.9. The molecule has 0 atom stereocenters. The van der Waals surface area contributed by atoms with Crippen LogP contribution in [0.3, 0.4) is 0 Å². The van der Waals surface area contributed by atoms with Gasteiger partial charge in [-0.1, -0.05) is 35.9 Å². The maximum atomic E-state index is 12.2. The van der Waals surface area contributed by atoms with Crippen LogP contribution in [0.5, 0.6) is 0 Å². The highest BCUT2D eigenvalue weighted by atomic mass is 35.5. The van der Waals surface area contributed by atoms with E-state index >= 15 is 0 Å². The lowest BCUT2D eigenvalue weighted by Gasteiger charge is -2.08. The van der Waals surface area contributed by atoms with Crippen LogP contribution in [0.15, 0.2) is 59.4 Å². The van der Waals surface area contributed by atoms with Crippen molar-refractivity contribution in [1.82, 2.24) is 30.5 Å². The number of halogens is 1. The second kappa shape index (κ2) is 7.07. The highest BCUT2D eigenvalue weighted by molar-refractivity contribution is 6.35. The van der Waals surface area contributed by atoms with Crippen molar-refractivity contribution in [3.63, 3.8) is 0 Å². The minimum atomic E-state index is -0.0628. The first-order valence-corrected chi connectivity index (χ1v) is 8.44. The van der Waals surface area contributed by atoms with Crippen molar-refractivity contribution in [3.05, 3.63) is 81.4 Å². The van der Waals surface area contributed by atoms with E-state index in [4.69, 9.17) is 11.6 Å². The van der Waals surface area contributed by atoms with Gasteiger partial charge in [0.1, 0.15) is 0 Å². The molecule has 0 saturated heterocycles. The highest BCUT2D eigenvalue weighted by Crippen LogP contribution is 2.18. The SMILES string of the molecule is O=c1cc(CNCc2nnnn2-c2ccccc2)[nH]c2c(Cl)cccc12. The number of pyridine rings is 1. The molecule has 8 heteroatoms. The number of fused-ring (bicyclic) bond motifs is 1. The van der Waals surface area contributed by atoms with Crippen LogP contribution in [-0.4, -0.2) is 25.2 Å². The summed E-state index contributed by atoms with van der Waals surface area (Å²) in [5.41, 5.74) is 2.22. The molecule has 0 bridgehead atoms. The molecule has 0 aliphatic carbocycles. The summed E-state index contributed by atoms with van der Waals surface area (Å²) in [5, 5.41) is 16.2. The lowest BCUT2D eigenvalue weighted by molar-refractivity contribution is 0.634. The third kappa shape index (κ3) is 3.22. The molecule has 0 unspecified atom stereocenters. The maximum absolute atomic E-state index is 12.2. The van der Waals surface area contributed by atoms with Gasteiger partial charge in [0.15, 0.2) is 11.3 Å². The van der Waals surface area contributed by atoms with Crippen LogP contribution in [0.4, 0.5) is 0 Å². The van der Waals surface area contributed by atoms with Crippen LogP contribution in [0.2, 0.25) is 5.02 Å². The Kier molecular flexibility index (Phi) is 4.47. The lowest BCUT2D eigenvalue weighted by Crippen LogP contribution is -2.18. The fraction of sp³-hybridized carbons (Fsp3) is 0.111. The molecule has 0 spiro atoms. The van der Waals surface area contributed by atoms with Crippen molar-refractivity contribution < 1.29 is 0 Å². The van der Waals surface area contributed by atoms with Crippen LogP contribution in [0, 0.1) is 0 Å². The smallest absolute Gasteiger partial charge is 0.189 e. The van der Waals surface area contributed by atoms with Crippen LogP contribution >= 0.6 is 11.6 Å². The maximum Gasteiger partial charge on any atom is 0.189 e. The predicted octanol–water partition coefficient (Wildman–Crippen LogP) is 2.45. The van der Waals surface area contributed by atoms with Crippen LogP contribution in [-0.2, 0) is 13.1 Å². The summed E-state index contributed by atoms with van der Waals surface area (Å²) in [4.78, 5) is 15.4. The highest BCUT2D eigenvalue weighted by Gasteiger charge is 2.09. The number of nitrogens with zero attached hydrogens (tertiary/aromatic N) is 4. The first kappa shape index (κ1) is 16.4. The second-order valence-corrected chi connectivity index (χ2v) is 6.17. The number of nitrogens with one attached hydrogen (secondary N) is 2. The predicted molar refractivity (Wildman–Crippen MR) is 99.3 cm³/mol. The van der Waals surface area contributed by atoms with Crippen LogP contribution < -0.4 is 10.7 Å². The van der Waals surface area contributed by atoms with E-state index in [0.717, 1.165) is 11.4 Å². The molecule has 2 aromatic carbocycles. The number of aromatic nitrogens is 5. The van der Waals surface area contributed by atoms with Gasteiger partial charge in [-0.15, -0.1) is 5.10 Å². The normalized spacial score (nSPS) is 11.1. The molecule has 2 heterocycles. The van der Waals surface area contributed by atoms with Gasteiger partial charge in [-0.25, -0.2) is 0 Å². The molecule has 130 valence electrons. The summed E-state index contributed by atoms with van der Waals surface area (Å²) >= 11 is 6.18. The van der Waals surface area contributed by atoms with E-state index in [1.807, 2.05) is 30.3 Å². The second-order valence-electron chi connectivity index (χ2n) is 5.77. The number of hydrogen-bond acceptors (Lipinski definition) is 5. The van der Waals surface area contributed by atoms with E-state index in [1.54, 1.807) is 28.9 Å². The first-order chi connectivity index (χ1) is 12.7. The van der Waals surface area contributed by atoms with E-state index < -0.39 is 0 Å². The summed E-state index contributed by atoms with van der Waals surface area (Å²) < 4.78 is 1.67. The molecule has 0 aliphatic rings. The number of hydrogen-bond donors (Lipinski definition) is 2. The van der Waals surface area contributed by atoms with Crippen LogP contribution in [0.1, 0.15) is 11.5 Å². The van der Waals surface area contributed by atoms with E-state index in [9.17, 15) is 4.79 Å². The molecule has 26 heavy (non-hydrogen) atoms. The number of benzene rings is 2. The summed E-state index contributed by atoms with van der Waals surface area (Å²) in [6, 6.07) is 16.5. The van der Waals surface area contributed by atoms with Crippen molar-refractivity contribution in [1.29, 1.82) is 0 Å². The Hall–Kier alpha value is -3.03. The number of para-hydroxylation sites is 2. The fourth-order valence-corrected chi connectivity index (χ4v) is 3.00. The number of H-pyrrole nitrogens is 1. The van der Waals surface area contributed by atoms with Crippen molar-refractivity contribution in [2.45, 2.75) is 13.1 Å². The van der Waals surface area contributed by atoms with E-state index in [1.165, 1.54) is 0 Å². The number of aromatic amines is 1. The van der Waals surface area contributed by atoms with Gasteiger partial charge in [0, 0.05) is 23.7 Å². The largest absolute Gasteiger partial charge is 0.356 e. The number of tetrazole rings is 1. The first-order valence-electron chi connectivity index (χ1n) is 8.06. The van der Waals surface area contributed by atoms with Crippen molar-refractivity contribution in [3.8, 4) is 5.69 Å². The van der Waals surface area contributed by atoms with E-state index in [-0.39, 0.29) is 5.43 Å². The monoisotopic (exact) mass is 366 g/mol. The van der Waals surface area contributed by atoms with E-state index in [2.05, 4.69) is 25.8 Å². The van der Waals surface area contributed by atoms with Crippen LogP contribution in [0.25, 0.3) is 16.6 Å². The van der Waals surface area contributed by atoms with E-state index in [0.29, 0.717) is 34.8 Å². The molecule has 0 saturated carbocycles. The zero-order valence-corrected chi connectivity index (χ0v) is 14.4. The fourth-order valence-electron chi connectivity index (χ4n) is 2.78. The van der Waals surface area contributed by atoms with Gasteiger partial charge < -0.3 is 10.3 Å². The minimum absolute atomic E-state index is 0.0628. The van der Waals surface area contributed by atoms with Gasteiger partial charge >= 0.3 is 0 Å². The Labute approximate surface area is 153 Å². The molecular formula is C18H15ClN6O. The molecule has 4 rings (SSSR count). The Morgan fingerprint density at radius 1 is 1.08 bits per heavy atom. The Morgan fingerprint density at radius 3 is 2.77 bits per heavy atom. The Morgan fingerprint density at radius 2 is 1.92 bits per heavy atom. The molecule has 4 aromatic rings. The quantitative estimate of drug-likeness (QED) is 0.566. The standard InChI is InChI=1S/C18H15ClN6O/c19-15-8-4-7-14-16(26)9-12(21-18(14)15)10-20-11-17-22-23-24-25(17)13-5-2-1-3-6-13/h1-9,20H,10-11H2,(H,21,26). The summed E-state index contributed by atoms with van der Waals surface area (Å²) in [5.74, 6) is 0.678. The number of rotatable bonds is 5. The molecule has 0 amide bonds. The summed E-state index contributed by atoms with van der Waals surface area (Å²) in [7, 11) is 0. The Bertz CT molecular complexity index is 1110. The van der Waals surface area contributed by atoms with Gasteiger partial charge in [-0.05, 0) is 34.7 Å². The molecule has 2 N–H and O–H groups in total. The van der Waals surface area contributed by atoms with Gasteiger partial charge in [0.25, 0.3) is 0 Å². The van der Waals surface area contributed by atoms with Gasteiger partial charge in [-0.3, -0.25) is 4.79 Å². The molecule has 0 aliphatic heterocycles. The molecule has 7 nitrogen and oxygen atoms in total. The minimum Gasteiger partial charge on any atom is -0.356 e. The lowest BCUT2D eigenvalue weighted by atomic mass is 10.2.